The van der Waals surface area contributed by atoms with Gasteiger partial charge in [-0.25, -0.2) is 0 Å². The summed E-state index contributed by atoms with van der Waals surface area (Å²) < 4.78 is 4.78. The topological polar surface area (TPSA) is 93.5 Å². The molecule has 1 rings (SSSR count). The molecule has 0 aromatic carbocycles. The van der Waals surface area contributed by atoms with E-state index in [1.807, 2.05) is 0 Å². The molecule has 1 aliphatic heterocycles. The molecule has 0 radical (unpaired) electrons. The van der Waals surface area contributed by atoms with Crippen molar-refractivity contribution in [1.29, 1.82) is 0 Å². The van der Waals surface area contributed by atoms with Crippen molar-refractivity contribution in [2.75, 3.05) is 13.2 Å². The number of aliphatic hydroxyl groups is 4. The molecule has 1 aliphatic rings. The van der Waals surface area contributed by atoms with Crippen molar-refractivity contribution < 1.29 is 25.2 Å². The first-order valence-corrected chi connectivity index (χ1v) is 3.44. The molecule has 66 valence electrons. The molecule has 5 heteroatoms. The molecule has 0 amide bonds. The summed E-state index contributed by atoms with van der Waals surface area (Å²) in [5, 5.41) is 34.9. The summed E-state index contributed by atoms with van der Waals surface area (Å²) in [6.07, 6.45) is -3.19. The van der Waals surface area contributed by atoms with Gasteiger partial charge in [0.1, 0.15) is 24.4 Å². The van der Waals surface area contributed by atoms with E-state index in [0.29, 0.717) is 0 Å². The third-order valence-electron chi connectivity index (χ3n) is 1.72. The minimum absolute atomic E-state index is 0.167. The van der Waals surface area contributed by atoms with Gasteiger partial charge in [0.25, 0.3) is 0 Å². The second-order valence-corrected chi connectivity index (χ2v) is 2.56. The minimum atomic E-state index is -1.18. The molecule has 1 saturated heterocycles. The van der Waals surface area contributed by atoms with Crippen molar-refractivity contribution in [3.63, 3.8) is 0 Å². The Morgan fingerprint density at radius 2 is 1.91 bits per heavy atom. The lowest BCUT2D eigenvalue weighted by Crippen LogP contribution is -2.35. The molecule has 11 heavy (non-hydrogen) atoms. The average Bonchev–Trinajstić information content (AvgIpc) is 2.80. The number of hydrogen-bond donors (Lipinski definition) is 4. The first-order chi connectivity index (χ1) is 5.20. The van der Waals surface area contributed by atoms with Crippen LogP contribution in [0.5, 0.6) is 0 Å². The number of rotatable bonds is 4. The van der Waals surface area contributed by atoms with Crippen molar-refractivity contribution in [1.82, 2.24) is 0 Å². The predicted octanol–water partition coefficient (Wildman–Crippen LogP) is -2.54. The monoisotopic (exact) mass is 164 g/mol. The summed E-state index contributed by atoms with van der Waals surface area (Å²) in [5.74, 6) is 0. The SMILES string of the molecule is OCC(O)C(O)C1OC1CO. The van der Waals surface area contributed by atoms with Crippen LogP contribution in [0.4, 0.5) is 0 Å². The van der Waals surface area contributed by atoms with Crippen LogP contribution in [0.2, 0.25) is 0 Å². The van der Waals surface area contributed by atoms with E-state index >= 15 is 0 Å². The Morgan fingerprint density at radius 3 is 2.27 bits per heavy atom. The van der Waals surface area contributed by atoms with Crippen LogP contribution in [-0.4, -0.2) is 58.1 Å². The lowest BCUT2D eigenvalue weighted by molar-refractivity contribution is -0.0263. The molecule has 0 aromatic rings. The number of aliphatic hydroxyl groups excluding tert-OH is 4. The molecule has 5 nitrogen and oxygen atoms in total. The molecule has 0 spiro atoms. The minimum Gasteiger partial charge on any atom is -0.394 e. The lowest BCUT2D eigenvalue weighted by Gasteiger charge is -2.12. The first-order valence-electron chi connectivity index (χ1n) is 3.44. The van der Waals surface area contributed by atoms with Gasteiger partial charge in [-0.05, 0) is 0 Å². The molecule has 1 fully saturated rings. The van der Waals surface area contributed by atoms with Crippen molar-refractivity contribution in [3.8, 4) is 0 Å². The van der Waals surface area contributed by atoms with Gasteiger partial charge < -0.3 is 25.2 Å². The Bertz CT molecular complexity index is 128. The lowest BCUT2D eigenvalue weighted by atomic mass is 10.1. The zero-order chi connectivity index (χ0) is 8.43. The van der Waals surface area contributed by atoms with Gasteiger partial charge in [0, 0.05) is 0 Å². The van der Waals surface area contributed by atoms with E-state index in [1.54, 1.807) is 0 Å². The second kappa shape index (κ2) is 3.46. The van der Waals surface area contributed by atoms with Gasteiger partial charge in [-0.1, -0.05) is 0 Å². The molecule has 4 unspecified atom stereocenters. The predicted molar refractivity (Wildman–Crippen MR) is 34.8 cm³/mol. The maximum Gasteiger partial charge on any atom is 0.115 e. The fourth-order valence-electron chi connectivity index (χ4n) is 0.931. The second-order valence-electron chi connectivity index (χ2n) is 2.56. The maximum absolute atomic E-state index is 9.11. The van der Waals surface area contributed by atoms with E-state index in [4.69, 9.17) is 25.2 Å². The van der Waals surface area contributed by atoms with Gasteiger partial charge in [0.15, 0.2) is 0 Å². The number of epoxide rings is 1. The van der Waals surface area contributed by atoms with Crippen LogP contribution >= 0.6 is 0 Å². The zero-order valence-corrected chi connectivity index (χ0v) is 5.92. The van der Waals surface area contributed by atoms with Gasteiger partial charge in [-0.15, -0.1) is 0 Å². The Hall–Kier alpha value is -0.200. The largest absolute Gasteiger partial charge is 0.394 e. The first kappa shape index (κ1) is 8.89. The van der Waals surface area contributed by atoms with E-state index in [9.17, 15) is 0 Å². The molecule has 0 aromatic heterocycles. The van der Waals surface area contributed by atoms with E-state index in [1.165, 1.54) is 0 Å². The van der Waals surface area contributed by atoms with E-state index < -0.39 is 24.9 Å². The van der Waals surface area contributed by atoms with Gasteiger partial charge in [0.05, 0.1) is 13.2 Å². The summed E-state index contributed by atoms with van der Waals surface area (Å²) in [7, 11) is 0. The Kier molecular flexibility index (Phi) is 2.80. The molecule has 1 heterocycles. The third-order valence-corrected chi connectivity index (χ3v) is 1.72. The smallest absolute Gasteiger partial charge is 0.115 e. The van der Waals surface area contributed by atoms with Crippen LogP contribution in [0.25, 0.3) is 0 Å². The summed E-state index contributed by atoms with van der Waals surface area (Å²) in [6, 6.07) is 0. The zero-order valence-electron chi connectivity index (χ0n) is 5.92. The molecular weight excluding hydrogens is 152 g/mol. The van der Waals surface area contributed by atoms with Gasteiger partial charge in [0.2, 0.25) is 0 Å². The summed E-state index contributed by atoms with van der Waals surface area (Å²) >= 11 is 0. The maximum atomic E-state index is 9.11. The number of hydrogen-bond acceptors (Lipinski definition) is 5. The van der Waals surface area contributed by atoms with Gasteiger partial charge >= 0.3 is 0 Å². The highest BCUT2D eigenvalue weighted by atomic mass is 16.6. The molecular formula is C6H12O5. The molecule has 4 atom stereocenters. The average molecular weight is 164 g/mol. The highest BCUT2D eigenvalue weighted by Crippen LogP contribution is 2.26. The van der Waals surface area contributed by atoms with Gasteiger partial charge in [-0.3, -0.25) is 0 Å². The molecule has 0 aliphatic carbocycles. The quantitative estimate of drug-likeness (QED) is 0.343. The van der Waals surface area contributed by atoms with Crippen LogP contribution in [-0.2, 0) is 4.74 Å². The molecule has 4 N–H and O–H groups in total. The van der Waals surface area contributed by atoms with E-state index in [0.717, 1.165) is 0 Å². The third kappa shape index (κ3) is 1.88. The van der Waals surface area contributed by atoms with Crippen molar-refractivity contribution in [2.24, 2.45) is 0 Å². The molecule has 0 saturated carbocycles. The highest BCUT2D eigenvalue weighted by molar-refractivity contribution is 4.93. The van der Waals surface area contributed by atoms with Crippen molar-refractivity contribution in [2.45, 2.75) is 24.4 Å². The van der Waals surface area contributed by atoms with Crippen LogP contribution in [0.3, 0.4) is 0 Å². The Balaban J connectivity index is 2.26. The summed E-state index contributed by atoms with van der Waals surface area (Å²) in [6.45, 7) is -0.668. The summed E-state index contributed by atoms with van der Waals surface area (Å²) in [5.41, 5.74) is 0. The Morgan fingerprint density at radius 1 is 1.27 bits per heavy atom. The summed E-state index contributed by atoms with van der Waals surface area (Å²) in [4.78, 5) is 0. The fraction of sp³-hybridized carbons (Fsp3) is 1.00. The standard InChI is InChI=1S/C6H12O5/c7-1-3(9)5(10)6-4(2-8)11-6/h3-10H,1-2H2. The molecule has 0 bridgehead atoms. The van der Waals surface area contributed by atoms with Crippen LogP contribution < -0.4 is 0 Å². The van der Waals surface area contributed by atoms with Crippen LogP contribution in [0.15, 0.2) is 0 Å². The number of ether oxygens (including phenoxy) is 1. The normalized spacial score (nSPS) is 34.9. The van der Waals surface area contributed by atoms with Crippen LogP contribution in [0.1, 0.15) is 0 Å². The highest BCUT2D eigenvalue weighted by Gasteiger charge is 2.46. The van der Waals surface area contributed by atoms with E-state index in [-0.39, 0.29) is 12.7 Å². The van der Waals surface area contributed by atoms with Crippen molar-refractivity contribution in [3.05, 3.63) is 0 Å². The van der Waals surface area contributed by atoms with Crippen LogP contribution in [0, 0.1) is 0 Å². The van der Waals surface area contributed by atoms with Gasteiger partial charge in [-0.2, -0.15) is 0 Å². The fourth-order valence-corrected chi connectivity index (χ4v) is 0.931. The van der Waals surface area contributed by atoms with Crippen molar-refractivity contribution >= 4 is 0 Å². The van der Waals surface area contributed by atoms with E-state index in [2.05, 4.69) is 0 Å². The Labute approximate surface area is 63.8 Å².